The van der Waals surface area contributed by atoms with Crippen molar-refractivity contribution in [3.05, 3.63) is 0 Å². The van der Waals surface area contributed by atoms with Crippen molar-refractivity contribution in [1.29, 1.82) is 0 Å². The smallest absolute Gasteiger partial charge is 0.275 e. The monoisotopic (exact) mass is 708 g/mol. The third-order valence-electron chi connectivity index (χ3n) is 6.47. The fourth-order valence-electron chi connectivity index (χ4n) is 6.92. The summed E-state index contributed by atoms with van der Waals surface area (Å²) in [6.45, 7) is 43.0. The second kappa shape index (κ2) is 15.5. The van der Waals surface area contributed by atoms with Gasteiger partial charge in [-0.15, -0.1) is 0 Å². The Bertz CT molecular complexity index is 674. The van der Waals surface area contributed by atoms with Gasteiger partial charge in [0.2, 0.25) is 0 Å². The second-order valence-electron chi connectivity index (χ2n) is 19.4. The number of nitrogens with one attached hydrogen (secondary N) is 6. The lowest BCUT2D eigenvalue weighted by Crippen LogP contribution is -3.00. The van der Waals surface area contributed by atoms with E-state index in [-0.39, 0.29) is 33.2 Å². The van der Waals surface area contributed by atoms with Crippen LogP contribution in [0.25, 0.3) is 0 Å². The topological polar surface area (TPSA) is 75.4 Å². The van der Waals surface area contributed by atoms with Crippen LogP contribution in [0.2, 0.25) is 36.3 Å². The van der Waals surface area contributed by atoms with Crippen LogP contribution in [0.3, 0.4) is 0 Å². The van der Waals surface area contributed by atoms with E-state index < -0.39 is 25.7 Å². The average molecular weight is 709 g/mol. The Kier molecular flexibility index (Phi) is 15.9. The molecule has 0 saturated carbocycles. The molecule has 0 aromatic rings. The Morgan fingerprint density at radius 1 is 0.349 bits per heavy atom. The molecule has 0 fully saturated rings. The second-order valence-corrected chi connectivity index (χ2v) is 33.3. The van der Waals surface area contributed by atoms with E-state index in [1.807, 2.05) is 0 Å². The van der Waals surface area contributed by atoms with Gasteiger partial charge in [0, 0.05) is 64.0 Å². The average Bonchev–Trinajstić information content (AvgIpc) is 2.59. The summed E-state index contributed by atoms with van der Waals surface area (Å²) in [6, 6.07) is 7.36. The first-order valence-corrected chi connectivity index (χ1v) is 28.1. The third kappa shape index (κ3) is 16.1. The molecule has 0 aliphatic rings. The molecular formula is C30H81N7Si6. The van der Waals surface area contributed by atoms with Gasteiger partial charge in [-0.25, -0.2) is 0 Å². The predicted molar refractivity (Wildman–Crippen MR) is 215 cm³/mol. The van der Waals surface area contributed by atoms with Crippen molar-refractivity contribution in [2.45, 2.75) is 194 Å². The van der Waals surface area contributed by atoms with Crippen molar-refractivity contribution in [3.8, 4) is 0 Å². The molecule has 0 unspecified atom stereocenters. The van der Waals surface area contributed by atoms with Crippen LogP contribution in [-0.2, 0) is 0 Å². The maximum absolute atomic E-state index is 4.51. The van der Waals surface area contributed by atoms with E-state index >= 15 is 0 Å². The van der Waals surface area contributed by atoms with Gasteiger partial charge in [-0.3, -0.25) is 3.90 Å². The van der Waals surface area contributed by atoms with E-state index in [9.17, 15) is 0 Å². The fourth-order valence-corrected chi connectivity index (χ4v) is 37.2. The largest absolute Gasteiger partial charge is 0.309 e. The van der Waals surface area contributed by atoms with E-state index in [0.29, 0.717) is 0 Å². The van der Waals surface area contributed by atoms with Gasteiger partial charge in [-0.05, 0) is 143 Å². The van der Waals surface area contributed by atoms with Crippen LogP contribution < -0.4 is 29.9 Å². The zero-order valence-electron chi connectivity index (χ0n) is 33.2. The van der Waals surface area contributed by atoms with Crippen molar-refractivity contribution < 1.29 is 0 Å². The number of hydrogen-bond acceptors (Lipinski definition) is 7. The summed E-state index contributed by atoms with van der Waals surface area (Å²) in [7, 11) is -4.44. The lowest BCUT2D eigenvalue weighted by atomic mass is 10.1. The lowest BCUT2D eigenvalue weighted by molar-refractivity contribution is 0.386. The van der Waals surface area contributed by atoms with Crippen LogP contribution in [0.4, 0.5) is 0 Å². The first-order chi connectivity index (χ1) is 18.8. The molecule has 0 aromatic heterocycles. The third-order valence-corrected chi connectivity index (χ3v) is 30.8. The maximum Gasteiger partial charge on any atom is 0.275 e. The summed E-state index contributed by atoms with van der Waals surface area (Å²) in [5.41, 5.74) is -0.282. The minimum atomic E-state index is -2.67. The number of rotatable bonds is 15. The summed E-state index contributed by atoms with van der Waals surface area (Å²) in [5.74, 6) is 0. The fraction of sp³-hybridized carbons (Fsp3) is 1.00. The molecule has 0 amide bonds. The van der Waals surface area contributed by atoms with Crippen molar-refractivity contribution in [3.63, 3.8) is 0 Å². The molecule has 0 heterocycles. The molecule has 7 nitrogen and oxygen atoms in total. The summed E-state index contributed by atoms with van der Waals surface area (Å²) in [4.78, 5) is 27.0. The van der Waals surface area contributed by atoms with Crippen LogP contribution in [0.1, 0.15) is 125 Å². The molecule has 0 saturated heterocycles. The highest BCUT2D eigenvalue weighted by Crippen LogP contribution is 2.35. The van der Waals surface area contributed by atoms with Crippen LogP contribution in [0, 0.1) is 0 Å². The quantitative estimate of drug-likeness (QED) is 0.146. The highest BCUT2D eigenvalue weighted by molar-refractivity contribution is 7.03. The number of nitrogens with zero attached hydrogens (tertiary/aromatic N) is 1. The highest BCUT2D eigenvalue weighted by atomic mass is 28.5. The molecule has 0 aliphatic heterocycles. The molecule has 0 spiro atoms. The van der Waals surface area contributed by atoms with E-state index in [0.717, 1.165) is 0 Å². The lowest BCUT2D eigenvalue weighted by Gasteiger charge is -2.65. The summed E-state index contributed by atoms with van der Waals surface area (Å²) in [5, 5.41) is 0. The summed E-state index contributed by atoms with van der Waals surface area (Å²) >= 11 is 0. The van der Waals surface area contributed by atoms with Gasteiger partial charge in [0.1, 0.15) is 0 Å². The molecule has 6 N–H and O–H groups in total. The minimum Gasteiger partial charge on any atom is -0.309 e. The standard InChI is InChI=1S/C30H81N7Si6/c1-25(2,3)31-41(22-19-38,32-26(4,5)6)37(42(23-20-39,33-27(7,8)9)34-28(10,11)12)43(24-21-40,35-29(13,14)15)36-30(16,17)18/h31-36H,19-24H2,1-18,38-40H3. The summed E-state index contributed by atoms with van der Waals surface area (Å²) < 4.78 is 3.25. The van der Waals surface area contributed by atoms with Gasteiger partial charge in [-0.2, -0.15) is 0 Å². The molecule has 13 heteroatoms. The molecule has 0 aliphatic carbocycles. The molecular weight excluding hydrogens is 627 g/mol. The van der Waals surface area contributed by atoms with Crippen LogP contribution in [0.15, 0.2) is 0 Å². The van der Waals surface area contributed by atoms with E-state index in [1.165, 1.54) is 67.0 Å². The molecule has 0 radical (unpaired) electrons. The Morgan fingerprint density at radius 2 is 0.488 bits per heavy atom. The Morgan fingerprint density at radius 3 is 0.581 bits per heavy atom. The van der Waals surface area contributed by atoms with Gasteiger partial charge in [0.15, 0.2) is 0 Å². The molecule has 260 valence electrons. The number of hydrogen-bond donors (Lipinski definition) is 6. The van der Waals surface area contributed by atoms with Gasteiger partial charge in [-0.1, -0.05) is 18.1 Å². The van der Waals surface area contributed by atoms with Gasteiger partial charge in [0.25, 0.3) is 25.7 Å². The van der Waals surface area contributed by atoms with E-state index in [1.54, 1.807) is 0 Å². The zero-order chi connectivity index (χ0) is 34.6. The van der Waals surface area contributed by atoms with Crippen LogP contribution >= 0.6 is 0 Å². The molecule has 0 bridgehead atoms. The first-order valence-electron chi connectivity index (χ1n) is 17.4. The van der Waals surface area contributed by atoms with E-state index in [4.69, 9.17) is 0 Å². The maximum atomic E-state index is 4.51. The minimum absolute atomic E-state index is 0.0470. The predicted octanol–water partition coefficient (Wildman–Crippen LogP) is 2.78. The normalized spacial score (nSPS) is 15.7. The Hall–Kier alpha value is 1.02. The van der Waals surface area contributed by atoms with Gasteiger partial charge in [0.05, 0.1) is 0 Å². The Balaban J connectivity index is 8.86. The molecule has 0 rings (SSSR count). The Labute approximate surface area is 283 Å². The van der Waals surface area contributed by atoms with Gasteiger partial charge < -0.3 is 29.9 Å². The molecule has 0 atom stereocenters. The van der Waals surface area contributed by atoms with Crippen LogP contribution in [0.5, 0.6) is 0 Å². The van der Waals surface area contributed by atoms with E-state index in [2.05, 4.69) is 158 Å². The van der Waals surface area contributed by atoms with Crippen molar-refractivity contribution >= 4 is 56.4 Å². The summed E-state index contributed by atoms with van der Waals surface area (Å²) in [6.07, 6.45) is 0. The molecule has 43 heavy (non-hydrogen) atoms. The molecule has 0 aromatic carbocycles. The highest BCUT2D eigenvalue weighted by Gasteiger charge is 2.65. The van der Waals surface area contributed by atoms with Crippen LogP contribution in [-0.4, -0.2) is 93.5 Å². The van der Waals surface area contributed by atoms with Crippen molar-refractivity contribution in [1.82, 2.24) is 33.8 Å². The van der Waals surface area contributed by atoms with Crippen molar-refractivity contribution in [2.24, 2.45) is 0 Å². The van der Waals surface area contributed by atoms with Gasteiger partial charge >= 0.3 is 0 Å². The zero-order valence-corrected chi connectivity index (χ0v) is 42.2. The SMILES string of the molecule is CC(C)(C)N[Si](CC[SiH3])(NC(C)(C)C)N([Si](CC[SiH3])(NC(C)(C)C)NC(C)(C)C)[Si](CC[SiH3])(NC(C)(C)C)NC(C)(C)C. The first kappa shape index (κ1) is 44.0. The van der Waals surface area contributed by atoms with Crippen molar-refractivity contribution in [2.75, 3.05) is 0 Å².